The van der Waals surface area contributed by atoms with Crippen LogP contribution >= 0.6 is 0 Å². The molecule has 7 nitrogen and oxygen atoms in total. The van der Waals surface area contributed by atoms with E-state index in [1.165, 1.54) is 24.3 Å². The van der Waals surface area contributed by atoms with Gasteiger partial charge in [-0.3, -0.25) is 4.79 Å². The quantitative estimate of drug-likeness (QED) is 0.521. The van der Waals surface area contributed by atoms with Crippen molar-refractivity contribution in [1.29, 1.82) is 0 Å². The van der Waals surface area contributed by atoms with Gasteiger partial charge in [-0.05, 0) is 31.1 Å². The molecular formula is C18H20O7. The highest BCUT2D eigenvalue weighted by Crippen LogP contribution is 2.29. The minimum absolute atomic E-state index is 0.0674. The number of phenolic OH excluding ortho intramolecular Hbond substituents is 2. The molecule has 0 radical (unpaired) electrons. The highest BCUT2D eigenvalue weighted by atomic mass is 16.5. The number of rotatable bonds is 0. The predicted octanol–water partition coefficient (Wildman–Crippen LogP) is 1.30. The molecule has 0 spiro atoms. The summed E-state index contributed by atoms with van der Waals surface area (Å²) < 4.78 is 5.24. The summed E-state index contributed by atoms with van der Waals surface area (Å²) in [5, 5.41) is 39.3. The molecule has 134 valence electrons. The second-order valence-corrected chi connectivity index (χ2v) is 5.84. The van der Waals surface area contributed by atoms with Crippen molar-refractivity contribution in [3.05, 3.63) is 41.5 Å². The van der Waals surface area contributed by atoms with Crippen molar-refractivity contribution in [2.24, 2.45) is 0 Å². The molecule has 1 aromatic rings. The Morgan fingerprint density at radius 2 is 1.72 bits per heavy atom. The summed E-state index contributed by atoms with van der Waals surface area (Å²) in [4.78, 5) is 24.1. The van der Waals surface area contributed by atoms with E-state index in [-0.39, 0.29) is 29.7 Å². The number of ketones is 1. The number of hydrogen-bond acceptors (Lipinski definition) is 7. The van der Waals surface area contributed by atoms with Gasteiger partial charge in [-0.2, -0.15) is 0 Å². The molecule has 1 aromatic carbocycles. The van der Waals surface area contributed by atoms with Crippen molar-refractivity contribution in [2.75, 3.05) is 0 Å². The van der Waals surface area contributed by atoms with Gasteiger partial charge in [0.1, 0.15) is 29.3 Å². The van der Waals surface area contributed by atoms with Gasteiger partial charge in [0.2, 0.25) is 0 Å². The lowest BCUT2D eigenvalue weighted by Gasteiger charge is -2.16. The summed E-state index contributed by atoms with van der Waals surface area (Å²) >= 11 is 0. The average molecular weight is 348 g/mol. The number of ether oxygens (including phenoxy) is 1. The second kappa shape index (κ2) is 7.96. The summed E-state index contributed by atoms with van der Waals surface area (Å²) in [6.45, 7) is 1.61. The Bertz CT molecular complexity index is 720. The maximum Gasteiger partial charge on any atom is 0.342 e. The highest BCUT2D eigenvalue weighted by molar-refractivity contribution is 5.97. The van der Waals surface area contributed by atoms with Gasteiger partial charge < -0.3 is 25.2 Å². The van der Waals surface area contributed by atoms with Crippen molar-refractivity contribution in [1.82, 2.24) is 0 Å². The maximum absolute atomic E-state index is 12.3. The van der Waals surface area contributed by atoms with Crippen LogP contribution in [0.4, 0.5) is 0 Å². The number of aromatic hydroxyl groups is 2. The van der Waals surface area contributed by atoms with Crippen LogP contribution in [0.15, 0.2) is 30.4 Å². The minimum atomic E-state index is -1.57. The van der Waals surface area contributed by atoms with Gasteiger partial charge >= 0.3 is 5.97 Å². The van der Waals surface area contributed by atoms with E-state index in [4.69, 9.17) is 4.74 Å². The number of cyclic esters (lactones) is 1. The van der Waals surface area contributed by atoms with E-state index < -0.39 is 35.8 Å². The Kier molecular flexibility index (Phi) is 5.95. The third kappa shape index (κ3) is 4.68. The highest BCUT2D eigenvalue weighted by Gasteiger charge is 2.23. The average Bonchev–Trinajstić information content (AvgIpc) is 2.52. The largest absolute Gasteiger partial charge is 0.508 e. The predicted molar refractivity (Wildman–Crippen MR) is 89.1 cm³/mol. The van der Waals surface area contributed by atoms with Crippen LogP contribution in [0.1, 0.15) is 35.7 Å². The molecule has 2 rings (SSSR count). The van der Waals surface area contributed by atoms with E-state index >= 15 is 0 Å². The van der Waals surface area contributed by atoms with Crippen molar-refractivity contribution in [3.8, 4) is 11.5 Å². The molecule has 0 bridgehead atoms. The lowest BCUT2D eigenvalue weighted by Crippen LogP contribution is -2.32. The number of benzene rings is 1. The Morgan fingerprint density at radius 3 is 2.44 bits per heavy atom. The fourth-order valence-electron chi connectivity index (χ4n) is 2.40. The first kappa shape index (κ1) is 18.7. The van der Waals surface area contributed by atoms with Crippen LogP contribution in [0.5, 0.6) is 11.5 Å². The molecule has 0 unspecified atom stereocenters. The first-order chi connectivity index (χ1) is 11.8. The molecule has 1 heterocycles. The third-order valence-corrected chi connectivity index (χ3v) is 3.73. The Balaban J connectivity index is 2.43. The van der Waals surface area contributed by atoms with Gasteiger partial charge in [-0.1, -0.05) is 18.2 Å². The van der Waals surface area contributed by atoms with E-state index in [2.05, 4.69) is 0 Å². The van der Waals surface area contributed by atoms with Gasteiger partial charge in [-0.25, -0.2) is 4.79 Å². The van der Waals surface area contributed by atoms with Crippen LogP contribution in [0, 0.1) is 0 Å². The van der Waals surface area contributed by atoms with Gasteiger partial charge in [0.15, 0.2) is 5.78 Å². The second-order valence-electron chi connectivity index (χ2n) is 5.84. The molecule has 0 saturated carbocycles. The van der Waals surface area contributed by atoms with Gasteiger partial charge in [0, 0.05) is 12.5 Å². The zero-order chi connectivity index (χ0) is 18.6. The van der Waals surface area contributed by atoms with Crippen molar-refractivity contribution in [2.45, 2.75) is 38.1 Å². The maximum atomic E-state index is 12.3. The minimum Gasteiger partial charge on any atom is -0.508 e. The molecule has 0 amide bonds. The van der Waals surface area contributed by atoms with Crippen LogP contribution in [0.25, 0.3) is 6.08 Å². The first-order valence-electron chi connectivity index (χ1n) is 7.79. The number of hydrogen-bond donors (Lipinski definition) is 4. The summed E-state index contributed by atoms with van der Waals surface area (Å²) in [6.07, 6.45) is 2.05. The number of aliphatic hydroxyl groups excluding tert-OH is 2. The van der Waals surface area contributed by atoms with Crippen LogP contribution in [-0.2, 0) is 9.53 Å². The van der Waals surface area contributed by atoms with Crippen LogP contribution < -0.4 is 0 Å². The van der Waals surface area contributed by atoms with E-state index in [0.717, 1.165) is 12.1 Å². The number of carbonyl (C=O) groups excluding carboxylic acids is 2. The molecule has 25 heavy (non-hydrogen) atoms. The lowest BCUT2D eigenvalue weighted by atomic mass is 10.0. The van der Waals surface area contributed by atoms with E-state index in [1.807, 2.05) is 0 Å². The molecule has 3 atom stereocenters. The molecule has 0 saturated heterocycles. The van der Waals surface area contributed by atoms with Gasteiger partial charge in [0.25, 0.3) is 0 Å². The fraction of sp³-hybridized carbons (Fsp3) is 0.333. The summed E-state index contributed by atoms with van der Waals surface area (Å²) in [5.41, 5.74) is 0.0726. The van der Waals surface area contributed by atoms with Crippen LogP contribution in [-0.4, -0.2) is 50.5 Å². The molecule has 0 aromatic heterocycles. The number of carbonyl (C=O) groups is 2. The molecule has 0 aliphatic carbocycles. The molecule has 1 aliphatic rings. The van der Waals surface area contributed by atoms with E-state index in [1.54, 1.807) is 6.92 Å². The monoisotopic (exact) mass is 348 g/mol. The molecule has 0 fully saturated rings. The number of aliphatic hydroxyl groups is 2. The molecule has 4 N–H and O–H groups in total. The van der Waals surface area contributed by atoms with Gasteiger partial charge in [-0.15, -0.1) is 0 Å². The fourth-order valence-corrected chi connectivity index (χ4v) is 2.40. The normalized spacial score (nSPS) is 27.7. The number of fused-ring (bicyclic) bond motifs is 1. The van der Waals surface area contributed by atoms with Gasteiger partial charge in [0.05, 0.1) is 6.10 Å². The Labute approximate surface area is 144 Å². The zero-order valence-corrected chi connectivity index (χ0v) is 13.6. The van der Waals surface area contributed by atoms with Crippen LogP contribution in [0.3, 0.4) is 0 Å². The summed E-state index contributed by atoms with van der Waals surface area (Å²) in [7, 11) is 0. The molecule has 1 aliphatic heterocycles. The van der Waals surface area contributed by atoms with Crippen LogP contribution in [0.2, 0.25) is 0 Å². The standard InChI is InChI=1S/C18H20O7/c1-10-4-2-6-13(20)17(23)14(21)7-3-5-11-8-12(19)9-15(22)16(11)18(24)25-10/h2-3,5-6,8-10,14,17,19,21-23H,4,7H2,1H3/b5-3+,6-2-/t10-,14+,17-/m0/s1. The van der Waals surface area contributed by atoms with Crippen molar-refractivity contribution < 1.29 is 34.8 Å². The third-order valence-electron chi connectivity index (χ3n) is 3.73. The zero-order valence-electron chi connectivity index (χ0n) is 13.6. The SMILES string of the molecule is C[C@H]1C/C=C\C(=O)[C@H](O)[C@H](O)C/C=C/c2cc(O)cc(O)c2C(=O)O1. The first-order valence-corrected chi connectivity index (χ1v) is 7.79. The van der Waals surface area contributed by atoms with Crippen molar-refractivity contribution in [3.63, 3.8) is 0 Å². The number of esters is 1. The number of phenols is 2. The van der Waals surface area contributed by atoms with Crippen molar-refractivity contribution >= 4 is 17.8 Å². The summed E-state index contributed by atoms with van der Waals surface area (Å²) in [6, 6.07) is 2.29. The smallest absolute Gasteiger partial charge is 0.342 e. The Morgan fingerprint density at radius 1 is 1.04 bits per heavy atom. The van der Waals surface area contributed by atoms with E-state index in [9.17, 15) is 30.0 Å². The topological polar surface area (TPSA) is 124 Å². The molecular weight excluding hydrogens is 328 g/mol. The van der Waals surface area contributed by atoms with E-state index in [0.29, 0.717) is 0 Å². The Hall–Kier alpha value is -2.64. The summed E-state index contributed by atoms with van der Waals surface area (Å²) in [5.74, 6) is -2.11. The lowest BCUT2D eigenvalue weighted by molar-refractivity contribution is -0.127. The molecule has 7 heteroatoms.